The number of rotatable bonds is 28. The standard InChI is InChI=1S/C35H60O6/c1-3-5-7-9-11-13-14-15-17-18-20-22-25-32-33(41-32)26-24-28-35(38)40-30-31(36)29-39-34(37)27-23-21-19-16-12-10-8-6-4-2/h11,13,15,17,20,22,31-33,36H,3-10,12,14,16,18-19,21,23-30H2,1-2H3/b13-11-,17-15-,22-20-/t31-,32?,33?/m0/s1. The molecule has 2 unspecified atom stereocenters. The average Bonchev–Trinajstić information content (AvgIpc) is 3.72. The Hall–Kier alpha value is -1.92. The minimum Gasteiger partial charge on any atom is -0.463 e. The van der Waals surface area contributed by atoms with Crippen LogP contribution in [0.15, 0.2) is 36.5 Å². The van der Waals surface area contributed by atoms with Crippen molar-refractivity contribution < 1.29 is 28.9 Å². The predicted molar refractivity (Wildman–Crippen MR) is 168 cm³/mol. The smallest absolute Gasteiger partial charge is 0.305 e. The number of hydrogen-bond donors (Lipinski definition) is 1. The van der Waals surface area contributed by atoms with Crippen molar-refractivity contribution in [3.05, 3.63) is 36.5 Å². The number of carbonyl (C=O) groups is 2. The minimum atomic E-state index is -0.990. The van der Waals surface area contributed by atoms with Crippen LogP contribution >= 0.6 is 0 Å². The molecule has 1 rings (SSSR count). The van der Waals surface area contributed by atoms with Gasteiger partial charge in [0.15, 0.2) is 0 Å². The Morgan fingerprint density at radius 3 is 1.80 bits per heavy atom. The summed E-state index contributed by atoms with van der Waals surface area (Å²) < 4.78 is 15.9. The molecule has 0 spiro atoms. The summed E-state index contributed by atoms with van der Waals surface area (Å²) in [5.74, 6) is -0.644. The zero-order valence-electron chi connectivity index (χ0n) is 26.2. The summed E-state index contributed by atoms with van der Waals surface area (Å²) in [5.41, 5.74) is 0. The van der Waals surface area contributed by atoms with E-state index in [1.54, 1.807) is 0 Å². The van der Waals surface area contributed by atoms with Gasteiger partial charge in [0.1, 0.15) is 19.3 Å². The third-order valence-electron chi connectivity index (χ3n) is 7.30. The number of hydrogen-bond acceptors (Lipinski definition) is 6. The van der Waals surface area contributed by atoms with Crippen molar-refractivity contribution in [1.29, 1.82) is 0 Å². The average molecular weight is 577 g/mol. The molecule has 0 radical (unpaired) electrons. The lowest BCUT2D eigenvalue weighted by atomic mass is 10.1. The van der Waals surface area contributed by atoms with Gasteiger partial charge in [-0.25, -0.2) is 0 Å². The van der Waals surface area contributed by atoms with Gasteiger partial charge in [-0.1, -0.05) is 115 Å². The van der Waals surface area contributed by atoms with Crippen molar-refractivity contribution in [3.63, 3.8) is 0 Å². The van der Waals surface area contributed by atoms with Crippen LogP contribution < -0.4 is 0 Å². The van der Waals surface area contributed by atoms with Crippen LogP contribution in [-0.2, 0) is 23.8 Å². The van der Waals surface area contributed by atoms with Crippen LogP contribution in [0.1, 0.15) is 142 Å². The Morgan fingerprint density at radius 2 is 1.17 bits per heavy atom. The van der Waals surface area contributed by atoms with E-state index in [1.165, 1.54) is 64.2 Å². The molecule has 1 aliphatic rings. The first-order valence-corrected chi connectivity index (χ1v) is 16.7. The highest BCUT2D eigenvalue weighted by Gasteiger charge is 2.36. The van der Waals surface area contributed by atoms with Crippen molar-refractivity contribution in [1.82, 2.24) is 0 Å². The monoisotopic (exact) mass is 576 g/mol. The number of epoxide rings is 1. The molecule has 1 aliphatic heterocycles. The van der Waals surface area contributed by atoms with Gasteiger partial charge in [0.05, 0.1) is 12.2 Å². The molecule has 0 bridgehead atoms. The molecule has 0 aromatic heterocycles. The minimum absolute atomic E-state index is 0.138. The van der Waals surface area contributed by atoms with Crippen molar-refractivity contribution in [2.75, 3.05) is 13.2 Å². The van der Waals surface area contributed by atoms with E-state index >= 15 is 0 Å². The highest BCUT2D eigenvalue weighted by molar-refractivity contribution is 5.69. The van der Waals surface area contributed by atoms with Crippen LogP contribution in [-0.4, -0.2) is 48.6 Å². The lowest BCUT2D eigenvalue weighted by Gasteiger charge is -2.12. The molecule has 0 aromatic carbocycles. The molecule has 1 saturated heterocycles. The van der Waals surface area contributed by atoms with Gasteiger partial charge in [-0.05, 0) is 51.4 Å². The highest BCUT2D eigenvalue weighted by Crippen LogP contribution is 2.30. The predicted octanol–water partition coefficient (Wildman–Crippen LogP) is 8.71. The molecule has 1 heterocycles. The largest absolute Gasteiger partial charge is 0.463 e. The van der Waals surface area contributed by atoms with Crippen LogP contribution in [0.3, 0.4) is 0 Å². The normalized spacial score (nSPS) is 17.5. The van der Waals surface area contributed by atoms with Crippen molar-refractivity contribution in [2.45, 2.75) is 161 Å². The molecule has 0 amide bonds. The van der Waals surface area contributed by atoms with Crippen molar-refractivity contribution in [2.24, 2.45) is 0 Å². The lowest BCUT2D eigenvalue weighted by Crippen LogP contribution is -2.25. The van der Waals surface area contributed by atoms with E-state index in [4.69, 9.17) is 14.2 Å². The molecule has 6 heteroatoms. The topological polar surface area (TPSA) is 85.4 Å². The van der Waals surface area contributed by atoms with Crippen LogP contribution in [0, 0.1) is 0 Å². The summed E-state index contributed by atoms with van der Waals surface area (Å²) in [6.07, 6.45) is 33.6. The Balaban J connectivity index is 1.92. The molecule has 6 nitrogen and oxygen atoms in total. The van der Waals surface area contributed by atoms with E-state index in [1.807, 2.05) is 0 Å². The Kier molecular flexibility index (Phi) is 24.4. The zero-order chi connectivity index (χ0) is 29.8. The first kappa shape index (κ1) is 37.1. The third-order valence-corrected chi connectivity index (χ3v) is 7.30. The van der Waals surface area contributed by atoms with Crippen LogP contribution in [0.5, 0.6) is 0 Å². The summed E-state index contributed by atoms with van der Waals surface area (Å²) in [6, 6.07) is 0. The van der Waals surface area contributed by atoms with Gasteiger partial charge in [0.25, 0.3) is 0 Å². The molecule has 0 aliphatic carbocycles. The number of unbranched alkanes of at least 4 members (excludes halogenated alkanes) is 11. The number of ether oxygens (including phenoxy) is 3. The van der Waals surface area contributed by atoms with E-state index in [-0.39, 0.29) is 37.4 Å². The Bertz CT molecular complexity index is 728. The zero-order valence-corrected chi connectivity index (χ0v) is 26.2. The maximum Gasteiger partial charge on any atom is 0.305 e. The fourth-order valence-electron chi connectivity index (χ4n) is 4.64. The van der Waals surface area contributed by atoms with Crippen molar-refractivity contribution in [3.8, 4) is 0 Å². The summed E-state index contributed by atoms with van der Waals surface area (Å²) in [7, 11) is 0. The molecular formula is C35H60O6. The maximum absolute atomic E-state index is 12.0. The van der Waals surface area contributed by atoms with Gasteiger partial charge >= 0.3 is 11.9 Å². The van der Waals surface area contributed by atoms with Gasteiger partial charge in [-0.2, -0.15) is 0 Å². The molecule has 236 valence electrons. The Morgan fingerprint density at radius 1 is 0.659 bits per heavy atom. The van der Waals surface area contributed by atoms with Gasteiger partial charge in [-0.3, -0.25) is 9.59 Å². The van der Waals surface area contributed by atoms with E-state index < -0.39 is 6.10 Å². The van der Waals surface area contributed by atoms with E-state index in [0.717, 1.165) is 44.9 Å². The molecule has 0 aromatic rings. The number of aliphatic hydroxyl groups excluding tert-OH is 1. The van der Waals surface area contributed by atoms with E-state index in [0.29, 0.717) is 19.3 Å². The summed E-state index contributed by atoms with van der Waals surface area (Å²) in [4.78, 5) is 23.8. The molecule has 3 atom stereocenters. The number of allylic oxidation sites excluding steroid dienone is 5. The van der Waals surface area contributed by atoms with Gasteiger partial charge < -0.3 is 19.3 Å². The first-order valence-electron chi connectivity index (χ1n) is 16.7. The van der Waals surface area contributed by atoms with E-state index in [2.05, 4.69) is 50.3 Å². The molecular weight excluding hydrogens is 516 g/mol. The van der Waals surface area contributed by atoms with Crippen molar-refractivity contribution >= 4 is 11.9 Å². The third kappa shape index (κ3) is 24.4. The summed E-state index contributed by atoms with van der Waals surface area (Å²) >= 11 is 0. The van der Waals surface area contributed by atoms with Gasteiger partial charge in [0.2, 0.25) is 0 Å². The van der Waals surface area contributed by atoms with Gasteiger partial charge in [0, 0.05) is 12.8 Å². The first-order chi connectivity index (χ1) is 20.1. The maximum atomic E-state index is 12.0. The van der Waals surface area contributed by atoms with Crippen LogP contribution in [0.4, 0.5) is 0 Å². The number of esters is 2. The van der Waals surface area contributed by atoms with E-state index in [9.17, 15) is 14.7 Å². The SMILES string of the molecule is CCCCC/C=C\C/C=C\C/C=C\CC1OC1CCCC(=O)OC[C@@H](O)COC(=O)CCCCCCCCCCC. The fourth-order valence-corrected chi connectivity index (χ4v) is 4.64. The second-order valence-corrected chi connectivity index (χ2v) is 11.3. The lowest BCUT2D eigenvalue weighted by molar-refractivity contribution is -0.152. The summed E-state index contributed by atoms with van der Waals surface area (Å²) in [6.45, 7) is 4.16. The second kappa shape index (κ2) is 26.9. The molecule has 1 fully saturated rings. The van der Waals surface area contributed by atoms with Gasteiger partial charge in [-0.15, -0.1) is 0 Å². The molecule has 1 N–H and O–H groups in total. The second-order valence-electron chi connectivity index (χ2n) is 11.3. The van der Waals surface area contributed by atoms with Crippen LogP contribution in [0.2, 0.25) is 0 Å². The number of aliphatic hydroxyl groups is 1. The highest BCUT2D eigenvalue weighted by atomic mass is 16.6. The molecule has 0 saturated carbocycles. The number of carbonyl (C=O) groups excluding carboxylic acids is 2. The summed E-state index contributed by atoms with van der Waals surface area (Å²) in [5, 5.41) is 9.96. The van der Waals surface area contributed by atoms with Crippen LogP contribution in [0.25, 0.3) is 0 Å². The fraction of sp³-hybridized carbons (Fsp3) is 0.771. The Labute approximate surface area is 251 Å². The quantitative estimate of drug-likeness (QED) is 0.0434. The molecule has 41 heavy (non-hydrogen) atoms.